The Morgan fingerprint density at radius 1 is 0.860 bits per heavy atom. The molecule has 0 unspecified atom stereocenters. The van der Waals surface area contributed by atoms with E-state index >= 15 is 0 Å². The minimum atomic E-state index is -1.28. The summed E-state index contributed by atoms with van der Waals surface area (Å²) in [5, 5.41) is 10.1. The van der Waals surface area contributed by atoms with E-state index in [1.54, 1.807) is 6.07 Å². The molecule has 1 heterocycles. The molecule has 1 saturated heterocycles. The molecule has 10 nitrogen and oxygen atoms in total. The zero-order valence-corrected chi connectivity index (χ0v) is 25.6. The highest BCUT2D eigenvalue weighted by Gasteiger charge is 2.52. The van der Waals surface area contributed by atoms with Gasteiger partial charge in [0.1, 0.15) is 24.9 Å². The lowest BCUT2D eigenvalue weighted by Crippen LogP contribution is -2.59. The van der Waals surface area contributed by atoms with E-state index in [4.69, 9.17) is 23.7 Å². The number of nitriles is 1. The van der Waals surface area contributed by atoms with Crippen LogP contribution in [-0.4, -0.2) is 61.2 Å². The molecule has 2 aliphatic rings. The molecule has 2 aromatic rings. The average Bonchev–Trinajstić information content (AvgIpc) is 3.79. The van der Waals surface area contributed by atoms with Gasteiger partial charge in [0.25, 0.3) is 0 Å². The van der Waals surface area contributed by atoms with Gasteiger partial charge in [-0.05, 0) is 59.8 Å². The van der Waals surface area contributed by atoms with Gasteiger partial charge in [-0.3, -0.25) is 19.2 Å². The molecule has 1 saturated carbocycles. The lowest BCUT2D eigenvalue weighted by atomic mass is 9.88. The Hall–Kier alpha value is -3.88. The van der Waals surface area contributed by atoms with Crippen LogP contribution in [0.4, 0.5) is 0 Å². The quantitative estimate of drug-likeness (QED) is 0.213. The maximum atomic E-state index is 12.3. The van der Waals surface area contributed by atoms with Gasteiger partial charge in [-0.25, -0.2) is 0 Å². The first-order chi connectivity index (χ1) is 20.5. The molecule has 5 atom stereocenters. The maximum Gasteiger partial charge on any atom is 0.303 e. The molecule has 2 fully saturated rings. The number of benzene rings is 2. The van der Waals surface area contributed by atoms with Gasteiger partial charge in [0, 0.05) is 32.6 Å². The second kappa shape index (κ2) is 14.1. The number of carbonyl (C=O) groups is 4. The van der Waals surface area contributed by atoms with Gasteiger partial charge < -0.3 is 23.7 Å². The van der Waals surface area contributed by atoms with E-state index in [-0.39, 0.29) is 6.61 Å². The SMILES string of the molecule is CSc1cc([C@@H]2O[C@H](COC(C)=O)[C@@H](OC(C)=O)[C@H](OC(C)=O)[C@H]2OC(C)=O)cc(Cc2ccc(C3CC3)cc2)c1C#N. The molecule has 1 aliphatic heterocycles. The fourth-order valence-electron chi connectivity index (χ4n) is 5.33. The van der Waals surface area contributed by atoms with Crippen LogP contribution in [0.25, 0.3) is 0 Å². The number of carbonyl (C=O) groups excluding carboxylic acids is 4. The van der Waals surface area contributed by atoms with Gasteiger partial charge in [-0.2, -0.15) is 5.26 Å². The maximum absolute atomic E-state index is 12.3. The van der Waals surface area contributed by atoms with Gasteiger partial charge in [0.15, 0.2) is 18.3 Å². The Balaban J connectivity index is 1.80. The fourth-order valence-corrected chi connectivity index (χ4v) is 5.96. The summed E-state index contributed by atoms with van der Waals surface area (Å²) in [7, 11) is 0. The first-order valence-electron chi connectivity index (χ1n) is 14.0. The predicted molar refractivity (Wildman–Crippen MR) is 155 cm³/mol. The van der Waals surface area contributed by atoms with Crippen LogP contribution >= 0.6 is 11.8 Å². The number of rotatable bonds is 10. The first-order valence-corrected chi connectivity index (χ1v) is 15.2. The molecule has 4 rings (SSSR count). The Morgan fingerprint density at radius 2 is 1.47 bits per heavy atom. The highest BCUT2D eigenvalue weighted by molar-refractivity contribution is 7.98. The van der Waals surface area contributed by atoms with Crippen molar-refractivity contribution in [3.05, 3.63) is 64.2 Å². The third-order valence-corrected chi connectivity index (χ3v) is 8.04. The molecule has 0 bridgehead atoms. The Labute approximate surface area is 255 Å². The van der Waals surface area contributed by atoms with Crippen molar-refractivity contribution in [2.75, 3.05) is 12.9 Å². The molecule has 0 radical (unpaired) electrons. The molecule has 0 amide bonds. The molecule has 0 spiro atoms. The third kappa shape index (κ3) is 8.15. The van der Waals surface area contributed by atoms with Crippen molar-refractivity contribution in [1.82, 2.24) is 0 Å². The predicted octanol–water partition coefficient (Wildman–Crippen LogP) is 4.55. The van der Waals surface area contributed by atoms with Crippen molar-refractivity contribution in [2.45, 2.75) is 88.3 Å². The van der Waals surface area contributed by atoms with Gasteiger partial charge in [-0.1, -0.05) is 30.3 Å². The highest BCUT2D eigenvalue weighted by atomic mass is 32.2. The van der Waals surface area contributed by atoms with Crippen LogP contribution in [-0.2, 0) is 49.3 Å². The van der Waals surface area contributed by atoms with Crippen molar-refractivity contribution in [1.29, 1.82) is 5.26 Å². The number of hydrogen-bond acceptors (Lipinski definition) is 11. The van der Waals surface area contributed by atoms with E-state index in [9.17, 15) is 24.4 Å². The summed E-state index contributed by atoms with van der Waals surface area (Å²) >= 11 is 1.38. The smallest absolute Gasteiger partial charge is 0.303 e. The minimum Gasteiger partial charge on any atom is -0.463 e. The summed E-state index contributed by atoms with van der Waals surface area (Å²) < 4.78 is 28.3. The average molecular weight is 610 g/mol. The minimum absolute atomic E-state index is 0.319. The van der Waals surface area contributed by atoms with E-state index in [2.05, 4.69) is 30.3 Å². The molecule has 0 N–H and O–H groups in total. The normalized spacial score (nSPS) is 23.0. The van der Waals surface area contributed by atoms with Crippen LogP contribution in [0.15, 0.2) is 41.3 Å². The number of esters is 4. The van der Waals surface area contributed by atoms with Gasteiger partial charge in [0.2, 0.25) is 0 Å². The monoisotopic (exact) mass is 609 g/mol. The number of thioether (sulfide) groups is 1. The number of hydrogen-bond donors (Lipinski definition) is 0. The summed E-state index contributed by atoms with van der Waals surface area (Å²) in [6.07, 6.45) is -1.15. The zero-order chi connectivity index (χ0) is 31.3. The van der Waals surface area contributed by atoms with Crippen molar-refractivity contribution in [3.63, 3.8) is 0 Å². The van der Waals surface area contributed by atoms with Crippen LogP contribution in [0.1, 0.15) is 80.4 Å². The first kappa shape index (κ1) is 32.0. The molecular formula is C32H35NO9S. The second-order valence-corrected chi connectivity index (χ2v) is 11.5. The molecule has 43 heavy (non-hydrogen) atoms. The van der Waals surface area contributed by atoms with Crippen LogP contribution in [0.5, 0.6) is 0 Å². The topological polar surface area (TPSA) is 138 Å². The van der Waals surface area contributed by atoms with Crippen molar-refractivity contribution in [2.24, 2.45) is 0 Å². The van der Waals surface area contributed by atoms with Crippen molar-refractivity contribution >= 4 is 35.6 Å². The molecular weight excluding hydrogens is 574 g/mol. The zero-order valence-electron chi connectivity index (χ0n) is 24.8. The van der Waals surface area contributed by atoms with Crippen LogP contribution in [0.3, 0.4) is 0 Å². The summed E-state index contributed by atoms with van der Waals surface area (Å²) in [4.78, 5) is 49.0. The lowest BCUT2D eigenvalue weighted by molar-refractivity contribution is -0.254. The largest absolute Gasteiger partial charge is 0.463 e. The van der Waals surface area contributed by atoms with Crippen LogP contribution in [0.2, 0.25) is 0 Å². The summed E-state index contributed by atoms with van der Waals surface area (Å²) in [5.41, 5.74) is 4.11. The fraction of sp³-hybridized carbons (Fsp3) is 0.469. The van der Waals surface area contributed by atoms with Gasteiger partial charge in [-0.15, -0.1) is 11.8 Å². The molecule has 1 aliphatic carbocycles. The third-order valence-electron chi connectivity index (χ3n) is 7.28. The molecule has 0 aromatic heterocycles. The number of nitrogens with zero attached hydrogens (tertiary/aromatic N) is 1. The van der Waals surface area contributed by atoms with E-state index in [0.29, 0.717) is 28.4 Å². The number of ether oxygens (including phenoxy) is 5. The molecule has 2 aromatic carbocycles. The summed E-state index contributed by atoms with van der Waals surface area (Å²) in [6.45, 7) is 4.47. The van der Waals surface area contributed by atoms with Crippen molar-refractivity contribution in [3.8, 4) is 6.07 Å². The van der Waals surface area contributed by atoms with Gasteiger partial charge >= 0.3 is 23.9 Å². The second-order valence-electron chi connectivity index (χ2n) is 10.7. The van der Waals surface area contributed by atoms with Crippen LogP contribution in [0, 0.1) is 11.3 Å². The Bertz CT molecular complexity index is 1410. The Morgan fingerprint density at radius 3 is 2.00 bits per heavy atom. The molecule has 228 valence electrons. The standard InChI is InChI=1S/C32H35NO9S/c1-17(34)38-16-27-30(39-18(2)35)32(41-20(4)37)31(40-19(3)36)29(42-27)25-13-24(26(15-33)28(14-25)43-5)12-21-6-8-22(9-7-21)23-10-11-23/h6-9,13-14,23,27,29-32H,10-12,16H2,1-5H3/t27-,29+,30-,31+,32+/m1/s1. The Kier molecular flexibility index (Phi) is 10.5. The van der Waals surface area contributed by atoms with Crippen molar-refractivity contribution < 1.29 is 42.9 Å². The van der Waals surface area contributed by atoms with E-state index in [1.807, 2.05) is 12.3 Å². The molecule has 11 heteroatoms. The van der Waals surface area contributed by atoms with E-state index in [1.165, 1.54) is 57.9 Å². The highest BCUT2D eigenvalue weighted by Crippen LogP contribution is 2.41. The van der Waals surface area contributed by atoms with Gasteiger partial charge in [0.05, 0.1) is 5.56 Å². The summed E-state index contributed by atoms with van der Waals surface area (Å²) in [5.74, 6) is -2.04. The summed E-state index contributed by atoms with van der Waals surface area (Å²) in [6, 6.07) is 14.3. The van der Waals surface area contributed by atoms with Crippen LogP contribution < -0.4 is 0 Å². The van der Waals surface area contributed by atoms with E-state index in [0.717, 1.165) is 11.1 Å². The lowest BCUT2D eigenvalue weighted by Gasteiger charge is -2.44. The van der Waals surface area contributed by atoms with E-state index < -0.39 is 54.4 Å².